The van der Waals surface area contributed by atoms with Crippen LogP contribution in [-0.2, 0) is 22.4 Å². The van der Waals surface area contributed by atoms with E-state index < -0.39 is 0 Å². The molecule has 0 N–H and O–H groups in total. The van der Waals surface area contributed by atoms with Crippen molar-refractivity contribution in [2.24, 2.45) is 5.92 Å². The number of hydrogen-bond acceptors (Lipinski definition) is 5. The molecule has 1 aromatic rings. The van der Waals surface area contributed by atoms with Crippen molar-refractivity contribution in [3.8, 4) is 6.07 Å². The van der Waals surface area contributed by atoms with Gasteiger partial charge in [0.15, 0.2) is 0 Å². The SMILES string of the molecule is N#Cc1cc2c(nc1SCC(=O)N1CCN(C(=O)C3CC3)CC1)CCCC2. The first-order chi connectivity index (χ1) is 13.2. The van der Waals surface area contributed by atoms with Crippen molar-refractivity contribution in [3.05, 3.63) is 22.9 Å². The Morgan fingerprint density at radius 3 is 2.56 bits per heavy atom. The number of piperazine rings is 1. The standard InChI is InChI=1S/C20H24N4O2S/c21-12-16-11-15-3-1-2-4-17(15)22-19(16)27-13-18(25)23-7-9-24(10-8-23)20(26)14-5-6-14/h11,14H,1-10,13H2. The van der Waals surface area contributed by atoms with E-state index in [2.05, 4.69) is 11.1 Å². The van der Waals surface area contributed by atoms with Gasteiger partial charge in [-0.15, -0.1) is 0 Å². The Morgan fingerprint density at radius 1 is 1.15 bits per heavy atom. The fourth-order valence-corrected chi connectivity index (χ4v) is 4.67. The van der Waals surface area contributed by atoms with Gasteiger partial charge >= 0.3 is 0 Å². The minimum atomic E-state index is 0.0573. The Hall–Kier alpha value is -2.07. The summed E-state index contributed by atoms with van der Waals surface area (Å²) in [5.41, 5.74) is 2.85. The highest BCUT2D eigenvalue weighted by atomic mass is 32.2. The third-order valence-electron chi connectivity index (χ3n) is 5.59. The summed E-state index contributed by atoms with van der Waals surface area (Å²) < 4.78 is 0. The zero-order valence-corrected chi connectivity index (χ0v) is 16.3. The van der Waals surface area contributed by atoms with Crippen LogP contribution in [0.3, 0.4) is 0 Å². The minimum absolute atomic E-state index is 0.0573. The maximum atomic E-state index is 12.6. The van der Waals surface area contributed by atoms with Gasteiger partial charge in [-0.2, -0.15) is 5.26 Å². The van der Waals surface area contributed by atoms with E-state index >= 15 is 0 Å². The molecule has 2 amide bonds. The molecule has 2 aliphatic carbocycles. The zero-order valence-electron chi connectivity index (χ0n) is 15.4. The van der Waals surface area contributed by atoms with E-state index in [1.165, 1.54) is 17.3 Å². The second-order valence-corrected chi connectivity index (χ2v) is 8.50. The molecule has 142 valence electrons. The highest BCUT2D eigenvalue weighted by Crippen LogP contribution is 2.31. The first-order valence-corrected chi connectivity index (χ1v) is 10.8. The normalized spacial score (nSPS) is 19.4. The van der Waals surface area contributed by atoms with Gasteiger partial charge in [-0.3, -0.25) is 9.59 Å². The van der Waals surface area contributed by atoms with Crippen LogP contribution in [0.5, 0.6) is 0 Å². The minimum Gasteiger partial charge on any atom is -0.339 e. The van der Waals surface area contributed by atoms with Gasteiger partial charge in [-0.1, -0.05) is 11.8 Å². The molecule has 2 heterocycles. The largest absolute Gasteiger partial charge is 0.339 e. The molecule has 2 fully saturated rings. The fourth-order valence-electron chi connectivity index (χ4n) is 3.79. The Kier molecular flexibility index (Phi) is 5.35. The summed E-state index contributed by atoms with van der Waals surface area (Å²) in [6.45, 7) is 2.46. The van der Waals surface area contributed by atoms with Crippen molar-refractivity contribution >= 4 is 23.6 Å². The van der Waals surface area contributed by atoms with Crippen LogP contribution in [-0.4, -0.2) is 58.5 Å². The number of pyridine rings is 1. The predicted octanol–water partition coefficient (Wildman–Crippen LogP) is 2.00. The van der Waals surface area contributed by atoms with Crippen LogP contribution in [0.15, 0.2) is 11.1 Å². The number of fused-ring (bicyclic) bond motifs is 1. The van der Waals surface area contributed by atoms with Crippen molar-refractivity contribution in [1.82, 2.24) is 14.8 Å². The van der Waals surface area contributed by atoms with Gasteiger partial charge < -0.3 is 9.80 Å². The van der Waals surface area contributed by atoms with Crippen molar-refractivity contribution in [2.45, 2.75) is 43.6 Å². The lowest BCUT2D eigenvalue weighted by Gasteiger charge is -2.35. The van der Waals surface area contributed by atoms with Gasteiger partial charge in [0.25, 0.3) is 0 Å². The summed E-state index contributed by atoms with van der Waals surface area (Å²) in [5, 5.41) is 10.1. The van der Waals surface area contributed by atoms with Crippen molar-refractivity contribution in [3.63, 3.8) is 0 Å². The number of carbonyl (C=O) groups excluding carboxylic acids is 2. The summed E-state index contributed by atoms with van der Waals surface area (Å²) in [5.74, 6) is 0.842. The van der Waals surface area contributed by atoms with Gasteiger partial charge in [0.2, 0.25) is 11.8 Å². The smallest absolute Gasteiger partial charge is 0.233 e. The van der Waals surface area contributed by atoms with Crippen LogP contribution in [0.2, 0.25) is 0 Å². The molecule has 0 unspecified atom stereocenters. The first-order valence-electron chi connectivity index (χ1n) is 9.78. The molecular formula is C20H24N4O2S. The quantitative estimate of drug-likeness (QED) is 0.742. The molecule has 27 heavy (non-hydrogen) atoms. The predicted molar refractivity (Wildman–Crippen MR) is 102 cm³/mol. The molecule has 7 heteroatoms. The lowest BCUT2D eigenvalue weighted by atomic mass is 9.95. The molecule has 6 nitrogen and oxygen atoms in total. The molecule has 3 aliphatic rings. The summed E-state index contributed by atoms with van der Waals surface area (Å²) in [6.07, 6.45) is 6.27. The number of hydrogen-bond donors (Lipinski definition) is 0. The Balaban J connectivity index is 1.33. The van der Waals surface area contributed by atoms with Crippen LogP contribution in [0.25, 0.3) is 0 Å². The molecule has 0 atom stereocenters. The van der Waals surface area contributed by atoms with E-state index in [9.17, 15) is 14.9 Å². The molecule has 1 aliphatic heterocycles. The summed E-state index contributed by atoms with van der Waals surface area (Å²) >= 11 is 1.36. The average Bonchev–Trinajstić information content (AvgIpc) is 3.56. The number of nitrogens with zero attached hydrogens (tertiary/aromatic N) is 4. The number of rotatable bonds is 4. The van der Waals surface area contributed by atoms with Crippen LogP contribution in [0, 0.1) is 17.2 Å². The van der Waals surface area contributed by atoms with E-state index in [1.54, 1.807) is 0 Å². The number of amides is 2. The van der Waals surface area contributed by atoms with Crippen molar-refractivity contribution in [1.29, 1.82) is 5.26 Å². The molecule has 0 spiro atoms. The monoisotopic (exact) mass is 384 g/mol. The highest BCUT2D eigenvalue weighted by Gasteiger charge is 2.35. The molecule has 4 rings (SSSR count). The van der Waals surface area contributed by atoms with Gasteiger partial charge in [0, 0.05) is 37.8 Å². The number of thioether (sulfide) groups is 1. The average molecular weight is 385 g/mol. The second kappa shape index (κ2) is 7.89. The highest BCUT2D eigenvalue weighted by molar-refractivity contribution is 8.00. The number of carbonyl (C=O) groups is 2. The fraction of sp³-hybridized carbons (Fsp3) is 0.600. The topological polar surface area (TPSA) is 77.3 Å². The van der Waals surface area contributed by atoms with E-state index in [1.807, 2.05) is 15.9 Å². The Labute approximate surface area is 163 Å². The molecule has 1 saturated carbocycles. The lowest BCUT2D eigenvalue weighted by molar-refractivity contribution is -0.139. The second-order valence-electron chi connectivity index (χ2n) is 7.53. The van der Waals surface area contributed by atoms with E-state index in [4.69, 9.17) is 0 Å². The third-order valence-corrected chi connectivity index (χ3v) is 6.57. The molecular weight excluding hydrogens is 360 g/mol. The molecule has 0 bridgehead atoms. The van der Waals surface area contributed by atoms with Crippen LogP contribution in [0.4, 0.5) is 0 Å². The summed E-state index contributed by atoms with van der Waals surface area (Å²) in [6, 6.07) is 4.19. The number of nitriles is 1. The Bertz CT molecular complexity index is 792. The summed E-state index contributed by atoms with van der Waals surface area (Å²) in [7, 11) is 0. The molecule has 1 saturated heterocycles. The van der Waals surface area contributed by atoms with E-state index in [-0.39, 0.29) is 23.5 Å². The third kappa shape index (κ3) is 4.11. The van der Waals surface area contributed by atoms with Gasteiger partial charge in [-0.25, -0.2) is 4.98 Å². The molecule has 0 radical (unpaired) electrons. The van der Waals surface area contributed by atoms with Crippen LogP contribution >= 0.6 is 11.8 Å². The van der Waals surface area contributed by atoms with Crippen LogP contribution in [0.1, 0.15) is 42.5 Å². The van der Waals surface area contributed by atoms with Gasteiger partial charge in [-0.05, 0) is 50.2 Å². The maximum Gasteiger partial charge on any atom is 0.233 e. The first kappa shape index (κ1) is 18.3. The maximum absolute atomic E-state index is 12.6. The van der Waals surface area contributed by atoms with E-state index in [0.29, 0.717) is 36.8 Å². The number of aryl methyl sites for hydroxylation is 2. The van der Waals surface area contributed by atoms with Gasteiger partial charge in [0.1, 0.15) is 11.1 Å². The van der Waals surface area contributed by atoms with Gasteiger partial charge in [0.05, 0.1) is 11.3 Å². The molecule has 0 aromatic carbocycles. The molecule has 1 aromatic heterocycles. The van der Waals surface area contributed by atoms with E-state index in [0.717, 1.165) is 44.2 Å². The summed E-state index contributed by atoms with van der Waals surface area (Å²) in [4.78, 5) is 33.1. The van der Waals surface area contributed by atoms with Crippen molar-refractivity contribution < 1.29 is 9.59 Å². The lowest BCUT2D eigenvalue weighted by Crippen LogP contribution is -2.51. The Morgan fingerprint density at radius 2 is 1.85 bits per heavy atom. The number of aromatic nitrogens is 1. The van der Waals surface area contributed by atoms with Crippen LogP contribution < -0.4 is 0 Å². The van der Waals surface area contributed by atoms with Crippen molar-refractivity contribution in [2.75, 3.05) is 31.9 Å². The zero-order chi connectivity index (χ0) is 18.8.